The molecule has 5 heteroatoms. The molecule has 5 nitrogen and oxygen atoms in total. The van der Waals surface area contributed by atoms with Gasteiger partial charge in [-0.1, -0.05) is 18.2 Å². The monoisotopic (exact) mass is 348 g/mol. The number of hydrogen-bond acceptors (Lipinski definition) is 2. The molecule has 26 heavy (non-hydrogen) atoms. The van der Waals surface area contributed by atoms with E-state index >= 15 is 0 Å². The van der Waals surface area contributed by atoms with E-state index in [0.717, 1.165) is 30.5 Å². The van der Waals surface area contributed by atoms with Crippen LogP contribution < -0.4 is 4.68 Å². The Hall–Kier alpha value is -2.66. The SMILES string of the molecule is O=C(c1ccc2c(c1)c(-c1ccccc1)[n+]1n2CCC1)N1CCOCC1. The van der Waals surface area contributed by atoms with Crippen LogP contribution in [0.2, 0.25) is 0 Å². The number of hydrogen-bond donors (Lipinski definition) is 0. The predicted octanol–water partition coefficient (Wildman–Crippen LogP) is 2.47. The average molecular weight is 348 g/mol. The van der Waals surface area contributed by atoms with Gasteiger partial charge in [0.15, 0.2) is 6.54 Å². The topological polar surface area (TPSA) is 38.3 Å². The van der Waals surface area contributed by atoms with Crippen molar-refractivity contribution in [3.05, 3.63) is 54.1 Å². The van der Waals surface area contributed by atoms with E-state index in [1.807, 2.05) is 17.0 Å². The van der Waals surface area contributed by atoms with Crippen LogP contribution >= 0.6 is 0 Å². The smallest absolute Gasteiger partial charge is 0.254 e. The molecular weight excluding hydrogens is 326 g/mol. The number of ether oxygens (including phenoxy) is 1. The van der Waals surface area contributed by atoms with Gasteiger partial charge in [0.05, 0.1) is 25.1 Å². The zero-order chi connectivity index (χ0) is 17.5. The van der Waals surface area contributed by atoms with Gasteiger partial charge in [0.2, 0.25) is 5.69 Å². The molecule has 0 unspecified atom stereocenters. The van der Waals surface area contributed by atoms with Crippen LogP contribution in [0, 0.1) is 0 Å². The minimum atomic E-state index is 0.102. The summed E-state index contributed by atoms with van der Waals surface area (Å²) in [6.45, 7) is 4.64. The maximum Gasteiger partial charge on any atom is 0.254 e. The lowest BCUT2D eigenvalue weighted by Crippen LogP contribution is -2.40. The third-order valence-electron chi connectivity index (χ3n) is 5.41. The second-order valence-corrected chi connectivity index (χ2v) is 6.95. The van der Waals surface area contributed by atoms with Gasteiger partial charge in [0, 0.05) is 30.6 Å². The van der Waals surface area contributed by atoms with E-state index in [4.69, 9.17) is 4.74 Å². The van der Waals surface area contributed by atoms with Crippen LogP contribution in [0.15, 0.2) is 48.5 Å². The first-order chi connectivity index (χ1) is 12.8. The average Bonchev–Trinajstić information content (AvgIpc) is 3.29. The van der Waals surface area contributed by atoms with Crippen molar-refractivity contribution >= 4 is 16.8 Å². The fourth-order valence-electron chi connectivity index (χ4n) is 4.17. The summed E-state index contributed by atoms with van der Waals surface area (Å²) in [5, 5.41) is 1.16. The lowest BCUT2D eigenvalue weighted by molar-refractivity contribution is -0.745. The molecule has 1 saturated heterocycles. The summed E-state index contributed by atoms with van der Waals surface area (Å²) < 4.78 is 10.1. The second-order valence-electron chi connectivity index (χ2n) is 6.95. The molecule has 1 aromatic heterocycles. The number of benzene rings is 2. The molecule has 0 aliphatic carbocycles. The molecule has 2 aromatic carbocycles. The van der Waals surface area contributed by atoms with Gasteiger partial charge in [-0.3, -0.25) is 4.79 Å². The summed E-state index contributed by atoms with van der Waals surface area (Å²) in [6.07, 6.45) is 1.16. The molecule has 1 amide bonds. The molecule has 0 spiro atoms. The van der Waals surface area contributed by atoms with Crippen molar-refractivity contribution in [2.75, 3.05) is 26.3 Å². The molecular formula is C21H22N3O2+. The van der Waals surface area contributed by atoms with Crippen LogP contribution in [-0.2, 0) is 17.8 Å². The molecule has 0 saturated carbocycles. The van der Waals surface area contributed by atoms with Crippen molar-refractivity contribution in [1.29, 1.82) is 0 Å². The van der Waals surface area contributed by atoms with E-state index in [0.29, 0.717) is 26.3 Å². The maximum absolute atomic E-state index is 12.9. The number of rotatable bonds is 2. The molecule has 5 rings (SSSR count). The van der Waals surface area contributed by atoms with Crippen LogP contribution in [0.25, 0.3) is 22.2 Å². The van der Waals surface area contributed by atoms with Gasteiger partial charge in [0.1, 0.15) is 5.52 Å². The van der Waals surface area contributed by atoms with Gasteiger partial charge >= 0.3 is 0 Å². The van der Waals surface area contributed by atoms with Crippen LogP contribution in [0.5, 0.6) is 0 Å². The van der Waals surface area contributed by atoms with Gasteiger partial charge in [-0.05, 0) is 30.3 Å². The molecule has 2 aliphatic heterocycles. The first kappa shape index (κ1) is 15.6. The molecule has 0 bridgehead atoms. The summed E-state index contributed by atoms with van der Waals surface area (Å²) in [5.41, 5.74) is 4.39. The molecule has 1 fully saturated rings. The molecule has 0 atom stereocenters. The highest BCUT2D eigenvalue weighted by atomic mass is 16.5. The minimum Gasteiger partial charge on any atom is -0.378 e. The Kier molecular flexibility index (Phi) is 3.75. The highest BCUT2D eigenvalue weighted by Gasteiger charge is 2.31. The summed E-state index contributed by atoms with van der Waals surface area (Å²) in [7, 11) is 0. The largest absolute Gasteiger partial charge is 0.378 e. The molecule has 0 radical (unpaired) electrons. The number of fused-ring (bicyclic) bond motifs is 3. The number of morpholine rings is 1. The summed E-state index contributed by atoms with van der Waals surface area (Å²) >= 11 is 0. The Morgan fingerprint density at radius 1 is 1.00 bits per heavy atom. The summed E-state index contributed by atoms with van der Waals surface area (Å²) in [5.74, 6) is 0.102. The van der Waals surface area contributed by atoms with E-state index < -0.39 is 0 Å². The summed E-state index contributed by atoms with van der Waals surface area (Å²) in [6, 6.07) is 16.6. The third-order valence-corrected chi connectivity index (χ3v) is 5.41. The van der Waals surface area contributed by atoms with Crippen LogP contribution in [0.4, 0.5) is 0 Å². The molecule has 2 aliphatic rings. The van der Waals surface area contributed by atoms with Crippen molar-refractivity contribution in [3.63, 3.8) is 0 Å². The number of carbonyl (C=O) groups excluding carboxylic acids is 1. The van der Waals surface area contributed by atoms with Crippen molar-refractivity contribution in [1.82, 2.24) is 9.58 Å². The van der Waals surface area contributed by atoms with Gasteiger partial charge in [0.25, 0.3) is 5.91 Å². The lowest BCUT2D eigenvalue weighted by Gasteiger charge is -2.26. The molecule has 3 heterocycles. The maximum atomic E-state index is 12.9. The first-order valence-electron chi connectivity index (χ1n) is 9.32. The Balaban J connectivity index is 1.65. The second kappa shape index (κ2) is 6.25. The van der Waals surface area contributed by atoms with Crippen molar-refractivity contribution in [3.8, 4) is 11.3 Å². The molecule has 3 aromatic rings. The zero-order valence-corrected chi connectivity index (χ0v) is 14.7. The van der Waals surface area contributed by atoms with Crippen LogP contribution in [0.3, 0.4) is 0 Å². The van der Waals surface area contributed by atoms with Crippen molar-refractivity contribution in [2.24, 2.45) is 0 Å². The van der Waals surface area contributed by atoms with Gasteiger partial charge in [-0.15, -0.1) is 4.68 Å². The predicted molar refractivity (Wildman–Crippen MR) is 98.9 cm³/mol. The first-order valence-corrected chi connectivity index (χ1v) is 9.32. The highest BCUT2D eigenvalue weighted by Crippen LogP contribution is 2.30. The standard InChI is InChI=1S/C21H22N3O2/c25-21(22-11-13-26-14-12-22)17-7-8-19-18(15-17)20(16-5-2-1-3-6-16)24-10-4-9-23(19)24/h1-3,5-8,15H,4,9-14H2/q+1. The lowest BCUT2D eigenvalue weighted by atomic mass is 10.0. The molecule has 132 valence electrons. The third kappa shape index (κ3) is 2.42. The number of carbonyl (C=O) groups is 1. The van der Waals surface area contributed by atoms with E-state index in [-0.39, 0.29) is 5.91 Å². The Bertz CT molecular complexity index is 972. The van der Waals surface area contributed by atoms with Crippen molar-refractivity contribution in [2.45, 2.75) is 19.5 Å². The van der Waals surface area contributed by atoms with Gasteiger partial charge in [-0.25, -0.2) is 0 Å². The van der Waals surface area contributed by atoms with Crippen LogP contribution in [0.1, 0.15) is 16.8 Å². The number of amides is 1. The highest BCUT2D eigenvalue weighted by molar-refractivity contribution is 6.01. The number of aryl methyl sites for hydroxylation is 1. The van der Waals surface area contributed by atoms with E-state index in [1.54, 1.807) is 0 Å². The number of nitrogens with zero attached hydrogens (tertiary/aromatic N) is 3. The number of aromatic nitrogens is 2. The van der Waals surface area contributed by atoms with Gasteiger partial charge in [-0.2, -0.15) is 4.68 Å². The Morgan fingerprint density at radius 2 is 1.81 bits per heavy atom. The van der Waals surface area contributed by atoms with Gasteiger partial charge < -0.3 is 9.64 Å². The van der Waals surface area contributed by atoms with E-state index in [1.165, 1.54) is 16.8 Å². The quantitative estimate of drug-likeness (QED) is 0.668. The zero-order valence-electron chi connectivity index (χ0n) is 14.7. The Morgan fingerprint density at radius 3 is 2.62 bits per heavy atom. The van der Waals surface area contributed by atoms with Crippen LogP contribution in [-0.4, -0.2) is 41.8 Å². The Labute approximate surface area is 152 Å². The normalized spacial score (nSPS) is 16.8. The summed E-state index contributed by atoms with van der Waals surface area (Å²) in [4.78, 5) is 14.8. The minimum absolute atomic E-state index is 0.102. The fraction of sp³-hybridized carbons (Fsp3) is 0.333. The van der Waals surface area contributed by atoms with E-state index in [2.05, 4.69) is 45.8 Å². The van der Waals surface area contributed by atoms with E-state index in [9.17, 15) is 4.79 Å². The fourth-order valence-corrected chi connectivity index (χ4v) is 4.17. The molecule has 0 N–H and O–H groups in total. The van der Waals surface area contributed by atoms with Crippen molar-refractivity contribution < 1.29 is 14.2 Å².